The molecule has 0 N–H and O–H groups in total. The molecule has 0 unspecified atom stereocenters. The largest absolute Gasteiger partial charge is 0.496 e. The van der Waals surface area contributed by atoms with Crippen LogP contribution in [0.4, 0.5) is 4.79 Å². The number of ether oxygens (including phenoxy) is 1. The summed E-state index contributed by atoms with van der Waals surface area (Å²) < 4.78 is 18.5. The van der Waals surface area contributed by atoms with Crippen LogP contribution in [0.25, 0.3) is 11.0 Å². The van der Waals surface area contributed by atoms with Crippen molar-refractivity contribution in [1.82, 2.24) is 9.55 Å². The Labute approximate surface area is 135 Å². The van der Waals surface area contributed by atoms with Crippen LogP contribution in [0.1, 0.15) is 34.6 Å². The Morgan fingerprint density at radius 1 is 1.43 bits per heavy atom. The van der Waals surface area contributed by atoms with Gasteiger partial charge < -0.3 is 14.0 Å². The monoisotopic (exact) mass is 316 g/mol. The molecule has 7 heteroatoms. The highest BCUT2D eigenvalue weighted by atomic mass is 16.7. The maximum Gasteiger partial charge on any atom is 0.496 e. The van der Waals surface area contributed by atoms with E-state index in [-0.39, 0.29) is 5.60 Å². The van der Waals surface area contributed by atoms with Crippen molar-refractivity contribution in [3.8, 4) is 0 Å². The number of rotatable bonds is 1. The molecule has 2 aromatic rings. The quantitative estimate of drug-likeness (QED) is 0.756. The Kier molecular flexibility index (Phi) is 3.73. The molecule has 0 radical (unpaired) electrons. The number of nitrogens with zero attached hydrogens (tertiary/aromatic N) is 2. The average Bonchev–Trinajstić information content (AvgIpc) is 2.97. The van der Waals surface area contributed by atoms with Gasteiger partial charge in [0.1, 0.15) is 11.2 Å². The lowest BCUT2D eigenvalue weighted by Gasteiger charge is -2.19. The minimum atomic E-state index is -0.578. The van der Waals surface area contributed by atoms with Gasteiger partial charge in [-0.3, -0.25) is 0 Å². The number of hydrogen-bond acceptors (Lipinski definition) is 5. The number of carbonyl (C=O) groups excluding carboxylic acids is 1. The van der Waals surface area contributed by atoms with Crippen LogP contribution in [0.5, 0.6) is 0 Å². The molecule has 0 aromatic carbocycles. The summed E-state index contributed by atoms with van der Waals surface area (Å²) in [4.78, 5) is 16.8. The maximum absolute atomic E-state index is 12.4. The third-order valence-electron chi connectivity index (χ3n) is 3.45. The topological polar surface area (TPSA) is 62.6 Å². The van der Waals surface area contributed by atoms with Crippen molar-refractivity contribution in [3.63, 3.8) is 0 Å². The predicted molar refractivity (Wildman–Crippen MR) is 87.9 cm³/mol. The smallest absolute Gasteiger partial charge is 0.443 e. The van der Waals surface area contributed by atoms with Gasteiger partial charge >= 0.3 is 13.2 Å². The molecule has 2 aromatic heterocycles. The van der Waals surface area contributed by atoms with E-state index in [4.69, 9.17) is 14.0 Å². The van der Waals surface area contributed by atoms with Crippen molar-refractivity contribution in [2.24, 2.45) is 0 Å². The zero-order valence-electron chi connectivity index (χ0n) is 14.1. The van der Waals surface area contributed by atoms with Crippen molar-refractivity contribution in [1.29, 1.82) is 0 Å². The summed E-state index contributed by atoms with van der Waals surface area (Å²) in [7, 11) is -0.514. The van der Waals surface area contributed by atoms with Crippen LogP contribution < -0.4 is 5.46 Å². The van der Waals surface area contributed by atoms with Crippen molar-refractivity contribution >= 4 is 29.7 Å². The summed E-state index contributed by atoms with van der Waals surface area (Å²) in [5.74, 6) is 0. The van der Waals surface area contributed by atoms with E-state index >= 15 is 0 Å². The number of hydrogen-bond donors (Lipinski definition) is 0. The van der Waals surface area contributed by atoms with Crippen LogP contribution in [0.3, 0.4) is 0 Å². The zero-order valence-corrected chi connectivity index (χ0v) is 14.1. The highest BCUT2D eigenvalue weighted by molar-refractivity contribution is 6.65. The molecule has 0 saturated carbocycles. The van der Waals surface area contributed by atoms with E-state index in [1.54, 1.807) is 12.4 Å². The second-order valence-corrected chi connectivity index (χ2v) is 7.33. The molecular formula is C16H21BN2O4. The number of aromatic nitrogens is 2. The molecule has 0 bridgehead atoms. The number of carbonyl (C=O) groups is 1. The van der Waals surface area contributed by atoms with E-state index < -0.39 is 18.8 Å². The molecule has 23 heavy (non-hydrogen) atoms. The molecule has 3 rings (SSSR count). The number of fused-ring (bicyclic) bond motifs is 1. The van der Waals surface area contributed by atoms with Crippen molar-refractivity contribution in [2.75, 3.05) is 6.61 Å². The second kappa shape index (κ2) is 5.35. The molecule has 1 fully saturated rings. The molecule has 0 amide bonds. The van der Waals surface area contributed by atoms with Gasteiger partial charge in [0.05, 0.1) is 12.2 Å². The van der Waals surface area contributed by atoms with Crippen LogP contribution >= 0.6 is 0 Å². The van der Waals surface area contributed by atoms with E-state index in [2.05, 4.69) is 4.98 Å². The van der Waals surface area contributed by atoms with Gasteiger partial charge in [-0.25, -0.2) is 14.3 Å². The number of pyridine rings is 1. The fourth-order valence-corrected chi connectivity index (χ4v) is 2.51. The molecule has 122 valence electrons. The van der Waals surface area contributed by atoms with E-state index in [1.165, 1.54) is 4.57 Å². The van der Waals surface area contributed by atoms with Crippen molar-refractivity contribution < 1.29 is 18.8 Å². The Balaban J connectivity index is 2.02. The maximum atomic E-state index is 12.4. The first kappa shape index (κ1) is 16.0. The lowest BCUT2D eigenvalue weighted by molar-refractivity contribution is 0.0544. The van der Waals surface area contributed by atoms with Crippen molar-refractivity contribution in [3.05, 3.63) is 24.5 Å². The lowest BCUT2D eigenvalue weighted by Crippen LogP contribution is -2.34. The second-order valence-electron chi connectivity index (χ2n) is 7.33. The summed E-state index contributed by atoms with van der Waals surface area (Å²) in [6.07, 6.45) is 2.87. The lowest BCUT2D eigenvalue weighted by atomic mass is 9.79. The summed E-state index contributed by atoms with van der Waals surface area (Å²) in [5, 5.41) is 0.820. The summed E-state index contributed by atoms with van der Waals surface area (Å²) >= 11 is 0. The SMILES string of the molecule is CC(C)(C)OC(=O)n1cc(B2OCC(C)(C)O2)c2cccnc21. The molecule has 0 aliphatic carbocycles. The van der Waals surface area contributed by atoms with Gasteiger partial charge in [-0.2, -0.15) is 0 Å². The van der Waals surface area contributed by atoms with E-state index in [1.807, 2.05) is 46.8 Å². The van der Waals surface area contributed by atoms with Crippen LogP contribution in [-0.2, 0) is 14.0 Å². The summed E-state index contributed by atoms with van der Waals surface area (Å²) in [6.45, 7) is 9.93. The predicted octanol–water partition coefficient (Wildman–Crippen LogP) is 2.34. The molecule has 1 saturated heterocycles. The Hall–Kier alpha value is -1.86. The van der Waals surface area contributed by atoms with Crippen LogP contribution in [0.2, 0.25) is 0 Å². The van der Waals surface area contributed by atoms with Gasteiger partial charge in [-0.05, 0) is 40.7 Å². The standard InChI is InChI=1S/C16H21BN2O4/c1-15(2,3)22-14(20)19-9-12(11-7-6-8-18-13(11)19)17-21-10-16(4,5)23-17/h6-9H,10H2,1-5H3. The highest BCUT2D eigenvalue weighted by Gasteiger charge is 2.40. The molecule has 1 aliphatic rings. The zero-order chi connectivity index (χ0) is 16.8. The van der Waals surface area contributed by atoms with E-state index in [0.717, 1.165) is 10.8 Å². The van der Waals surface area contributed by atoms with Crippen LogP contribution in [0.15, 0.2) is 24.5 Å². The average molecular weight is 316 g/mol. The van der Waals surface area contributed by atoms with Crippen LogP contribution in [-0.4, -0.2) is 40.6 Å². The van der Waals surface area contributed by atoms with Gasteiger partial charge in [-0.15, -0.1) is 0 Å². The molecule has 3 heterocycles. The fraction of sp³-hybridized carbons (Fsp3) is 0.500. The fourth-order valence-electron chi connectivity index (χ4n) is 2.51. The van der Waals surface area contributed by atoms with Gasteiger partial charge in [0, 0.05) is 23.2 Å². The van der Waals surface area contributed by atoms with Gasteiger partial charge in [0.2, 0.25) is 0 Å². The minimum absolute atomic E-state index is 0.354. The highest BCUT2D eigenvalue weighted by Crippen LogP contribution is 2.23. The van der Waals surface area contributed by atoms with Crippen molar-refractivity contribution in [2.45, 2.75) is 45.8 Å². The summed E-state index contributed by atoms with van der Waals surface area (Å²) in [6, 6.07) is 3.72. The Bertz CT molecular complexity index is 748. The molecular weight excluding hydrogens is 295 g/mol. The van der Waals surface area contributed by atoms with Gasteiger partial charge in [0.25, 0.3) is 0 Å². The first-order chi connectivity index (χ1) is 10.7. The molecule has 1 aliphatic heterocycles. The van der Waals surface area contributed by atoms with E-state index in [0.29, 0.717) is 12.3 Å². The van der Waals surface area contributed by atoms with E-state index in [9.17, 15) is 4.79 Å². The minimum Gasteiger partial charge on any atom is -0.443 e. The molecule has 0 atom stereocenters. The third-order valence-corrected chi connectivity index (χ3v) is 3.45. The third kappa shape index (κ3) is 3.25. The first-order valence-corrected chi connectivity index (χ1v) is 7.65. The normalized spacial score (nSPS) is 17.7. The molecule has 0 spiro atoms. The Morgan fingerprint density at radius 3 is 2.78 bits per heavy atom. The summed E-state index contributed by atoms with van der Waals surface area (Å²) in [5.41, 5.74) is 0.385. The molecule has 6 nitrogen and oxygen atoms in total. The Morgan fingerprint density at radius 2 is 2.17 bits per heavy atom. The first-order valence-electron chi connectivity index (χ1n) is 7.65. The van der Waals surface area contributed by atoms with Gasteiger partial charge in [-0.1, -0.05) is 6.07 Å². The van der Waals surface area contributed by atoms with Crippen LogP contribution in [0, 0.1) is 0 Å². The van der Waals surface area contributed by atoms with Gasteiger partial charge in [0.15, 0.2) is 0 Å².